The van der Waals surface area contributed by atoms with E-state index in [-0.39, 0.29) is 5.91 Å². The standard InChI is InChI=1S/C12H25N3O2/c1-9-7-14(12(16)11(3)13)8-10(2)15(9)5-6-17-4/h9-11H,5-8,13H2,1-4H3/t9-,10-,11+/m1/s1. The molecule has 1 saturated heterocycles. The van der Waals surface area contributed by atoms with Crippen LogP contribution in [0.15, 0.2) is 0 Å². The first kappa shape index (κ1) is 14.4. The molecule has 1 aliphatic heterocycles. The van der Waals surface area contributed by atoms with E-state index in [1.807, 2.05) is 4.90 Å². The average molecular weight is 243 g/mol. The number of hydrogen-bond donors (Lipinski definition) is 1. The van der Waals surface area contributed by atoms with E-state index in [0.29, 0.717) is 12.1 Å². The number of nitrogens with zero attached hydrogens (tertiary/aromatic N) is 2. The Morgan fingerprint density at radius 3 is 2.35 bits per heavy atom. The van der Waals surface area contributed by atoms with Crippen molar-refractivity contribution in [1.82, 2.24) is 9.80 Å². The van der Waals surface area contributed by atoms with Crippen molar-refractivity contribution in [1.29, 1.82) is 0 Å². The van der Waals surface area contributed by atoms with Gasteiger partial charge in [-0.05, 0) is 20.8 Å². The van der Waals surface area contributed by atoms with Gasteiger partial charge in [-0.3, -0.25) is 9.69 Å². The summed E-state index contributed by atoms with van der Waals surface area (Å²) >= 11 is 0. The zero-order valence-electron chi connectivity index (χ0n) is 11.3. The van der Waals surface area contributed by atoms with Gasteiger partial charge in [0.15, 0.2) is 0 Å². The highest BCUT2D eigenvalue weighted by molar-refractivity contribution is 5.81. The first-order chi connectivity index (χ1) is 7.97. The number of nitrogens with two attached hydrogens (primary N) is 1. The third-order valence-electron chi connectivity index (χ3n) is 3.36. The molecule has 1 heterocycles. The quantitative estimate of drug-likeness (QED) is 0.749. The molecular weight excluding hydrogens is 218 g/mol. The molecule has 1 aliphatic rings. The Bertz CT molecular complexity index is 246. The van der Waals surface area contributed by atoms with E-state index in [1.54, 1.807) is 14.0 Å². The summed E-state index contributed by atoms with van der Waals surface area (Å²) in [6, 6.07) is 0.313. The molecule has 0 saturated carbocycles. The van der Waals surface area contributed by atoms with E-state index in [4.69, 9.17) is 10.5 Å². The summed E-state index contributed by atoms with van der Waals surface area (Å²) in [5.41, 5.74) is 5.65. The first-order valence-electron chi connectivity index (χ1n) is 6.26. The van der Waals surface area contributed by atoms with Crippen LogP contribution in [0.3, 0.4) is 0 Å². The van der Waals surface area contributed by atoms with Gasteiger partial charge in [-0.25, -0.2) is 0 Å². The van der Waals surface area contributed by atoms with Crippen LogP contribution in [-0.2, 0) is 9.53 Å². The second kappa shape index (κ2) is 6.33. The lowest BCUT2D eigenvalue weighted by molar-refractivity contribution is -0.136. The maximum absolute atomic E-state index is 11.9. The van der Waals surface area contributed by atoms with Crippen molar-refractivity contribution in [2.24, 2.45) is 5.73 Å². The lowest BCUT2D eigenvalue weighted by Gasteiger charge is -2.44. The Morgan fingerprint density at radius 2 is 1.94 bits per heavy atom. The van der Waals surface area contributed by atoms with Crippen molar-refractivity contribution in [2.75, 3.05) is 33.4 Å². The van der Waals surface area contributed by atoms with Crippen LogP contribution >= 0.6 is 0 Å². The molecule has 0 aliphatic carbocycles. The predicted molar refractivity (Wildman–Crippen MR) is 67.7 cm³/mol. The van der Waals surface area contributed by atoms with Crippen molar-refractivity contribution < 1.29 is 9.53 Å². The number of hydrogen-bond acceptors (Lipinski definition) is 4. The molecule has 5 nitrogen and oxygen atoms in total. The molecule has 100 valence electrons. The predicted octanol–water partition coefficient (Wildman–Crippen LogP) is -0.0988. The van der Waals surface area contributed by atoms with Gasteiger partial charge in [0.05, 0.1) is 12.6 Å². The molecule has 0 aromatic rings. The van der Waals surface area contributed by atoms with Crippen LogP contribution in [0, 0.1) is 0 Å². The highest BCUT2D eigenvalue weighted by atomic mass is 16.5. The Morgan fingerprint density at radius 1 is 1.41 bits per heavy atom. The maximum atomic E-state index is 11.9. The third kappa shape index (κ3) is 3.66. The molecule has 1 rings (SSSR count). The number of amides is 1. The minimum absolute atomic E-state index is 0.0510. The van der Waals surface area contributed by atoms with Crippen molar-refractivity contribution in [3.05, 3.63) is 0 Å². The summed E-state index contributed by atoms with van der Waals surface area (Å²) in [5.74, 6) is 0.0510. The van der Waals surface area contributed by atoms with Crippen LogP contribution in [0.4, 0.5) is 0 Å². The Hall–Kier alpha value is -0.650. The van der Waals surface area contributed by atoms with Gasteiger partial charge in [0.25, 0.3) is 0 Å². The smallest absolute Gasteiger partial charge is 0.239 e. The van der Waals surface area contributed by atoms with Gasteiger partial charge in [0, 0.05) is 38.8 Å². The van der Waals surface area contributed by atoms with Crippen LogP contribution in [0.25, 0.3) is 0 Å². The SMILES string of the molecule is COCCN1[C@H](C)CN(C(=O)[C@H](C)N)C[C@H]1C. The highest BCUT2D eigenvalue weighted by Crippen LogP contribution is 2.15. The summed E-state index contributed by atoms with van der Waals surface area (Å²) in [6.07, 6.45) is 0. The Balaban J connectivity index is 2.57. The van der Waals surface area contributed by atoms with Crippen molar-refractivity contribution in [3.63, 3.8) is 0 Å². The summed E-state index contributed by atoms with van der Waals surface area (Å²) in [6.45, 7) is 9.20. The first-order valence-corrected chi connectivity index (χ1v) is 6.26. The Kier molecular flexibility index (Phi) is 5.36. The van der Waals surface area contributed by atoms with Crippen molar-refractivity contribution in [2.45, 2.75) is 38.9 Å². The molecule has 1 fully saturated rings. The van der Waals surface area contributed by atoms with E-state index >= 15 is 0 Å². The van der Waals surface area contributed by atoms with Crippen LogP contribution in [0.1, 0.15) is 20.8 Å². The Labute approximate surface area is 104 Å². The van der Waals surface area contributed by atoms with Gasteiger partial charge in [0.1, 0.15) is 0 Å². The second-order valence-corrected chi connectivity index (χ2v) is 4.96. The van der Waals surface area contributed by atoms with Gasteiger partial charge < -0.3 is 15.4 Å². The van der Waals surface area contributed by atoms with Gasteiger partial charge in [-0.1, -0.05) is 0 Å². The molecular formula is C12H25N3O2. The molecule has 0 aromatic heterocycles. The molecule has 1 amide bonds. The summed E-state index contributed by atoms with van der Waals surface area (Å²) in [4.78, 5) is 16.1. The lowest BCUT2D eigenvalue weighted by atomic mass is 10.1. The van der Waals surface area contributed by atoms with Crippen LogP contribution in [0.2, 0.25) is 0 Å². The lowest BCUT2D eigenvalue weighted by Crippen LogP contribution is -2.60. The maximum Gasteiger partial charge on any atom is 0.239 e. The topological polar surface area (TPSA) is 58.8 Å². The van der Waals surface area contributed by atoms with E-state index in [9.17, 15) is 4.79 Å². The zero-order valence-corrected chi connectivity index (χ0v) is 11.3. The molecule has 0 radical (unpaired) electrons. The number of methoxy groups -OCH3 is 1. The molecule has 0 aromatic carbocycles. The molecule has 17 heavy (non-hydrogen) atoms. The monoisotopic (exact) mass is 243 g/mol. The van der Waals surface area contributed by atoms with Crippen LogP contribution in [-0.4, -0.2) is 67.2 Å². The normalized spacial score (nSPS) is 28.2. The minimum Gasteiger partial charge on any atom is -0.383 e. The summed E-state index contributed by atoms with van der Waals surface area (Å²) < 4.78 is 5.11. The average Bonchev–Trinajstić information content (AvgIpc) is 2.26. The second-order valence-electron chi connectivity index (χ2n) is 4.96. The van der Waals surface area contributed by atoms with E-state index in [2.05, 4.69) is 18.7 Å². The van der Waals surface area contributed by atoms with Crippen LogP contribution < -0.4 is 5.73 Å². The van der Waals surface area contributed by atoms with Crippen molar-refractivity contribution >= 4 is 5.91 Å². The fourth-order valence-corrected chi connectivity index (χ4v) is 2.46. The number of ether oxygens (including phenoxy) is 1. The van der Waals surface area contributed by atoms with Gasteiger partial charge in [-0.2, -0.15) is 0 Å². The van der Waals surface area contributed by atoms with E-state index in [1.165, 1.54) is 0 Å². The number of carbonyl (C=O) groups excluding carboxylic acids is 1. The van der Waals surface area contributed by atoms with E-state index < -0.39 is 6.04 Å². The molecule has 3 atom stereocenters. The minimum atomic E-state index is -0.403. The van der Waals surface area contributed by atoms with Crippen molar-refractivity contribution in [3.8, 4) is 0 Å². The molecule has 0 spiro atoms. The fraction of sp³-hybridized carbons (Fsp3) is 0.917. The zero-order chi connectivity index (χ0) is 13.0. The van der Waals surface area contributed by atoms with Crippen LogP contribution in [0.5, 0.6) is 0 Å². The number of rotatable bonds is 4. The molecule has 2 N–H and O–H groups in total. The number of carbonyl (C=O) groups is 1. The van der Waals surface area contributed by atoms with Gasteiger partial charge in [-0.15, -0.1) is 0 Å². The third-order valence-corrected chi connectivity index (χ3v) is 3.36. The highest BCUT2D eigenvalue weighted by Gasteiger charge is 2.32. The summed E-state index contributed by atoms with van der Waals surface area (Å²) in [5, 5.41) is 0. The largest absolute Gasteiger partial charge is 0.383 e. The fourth-order valence-electron chi connectivity index (χ4n) is 2.46. The van der Waals surface area contributed by atoms with Gasteiger partial charge >= 0.3 is 0 Å². The summed E-state index contributed by atoms with van der Waals surface area (Å²) in [7, 11) is 1.71. The number of piperazine rings is 1. The molecule has 0 bridgehead atoms. The molecule has 0 unspecified atom stereocenters. The van der Waals surface area contributed by atoms with E-state index in [0.717, 1.165) is 26.2 Å². The molecule has 5 heteroatoms. The van der Waals surface area contributed by atoms with Gasteiger partial charge in [0.2, 0.25) is 5.91 Å².